The summed E-state index contributed by atoms with van der Waals surface area (Å²) in [6.07, 6.45) is 0. The van der Waals surface area contributed by atoms with Crippen LogP contribution in [0.4, 0.5) is 0 Å². The lowest BCUT2D eigenvalue weighted by Crippen LogP contribution is -2.77. The van der Waals surface area contributed by atoms with E-state index in [0.717, 1.165) is 13.8 Å². The first-order chi connectivity index (χ1) is 12.8. The maximum Gasteiger partial charge on any atom is 0.269 e. The third-order valence-electron chi connectivity index (χ3n) is 5.37. The van der Waals surface area contributed by atoms with Crippen LogP contribution in [0.25, 0.3) is 0 Å². The average Bonchev–Trinajstić information content (AvgIpc) is 2.71. The number of rotatable bonds is 8. The van der Waals surface area contributed by atoms with E-state index in [-0.39, 0.29) is 0 Å². The topological polar surface area (TPSA) is 180 Å². The quantitative estimate of drug-likeness (QED) is 0.191. The Morgan fingerprint density at radius 3 is 1.07 bits per heavy atom. The Morgan fingerprint density at radius 1 is 0.679 bits per heavy atom. The standard InChI is InChI=1S/C16H24N4O8/c1-13(5-21,6-22)19-9(25)15(3,10(19)26)17-18-16(4)11(27)20(12(16)28)14(2,7-23)8-24/h21-24H,5-8H2,1-4H3. The summed E-state index contributed by atoms with van der Waals surface area (Å²) < 4.78 is 0. The van der Waals surface area contributed by atoms with E-state index in [1.54, 1.807) is 0 Å². The van der Waals surface area contributed by atoms with Gasteiger partial charge in [0, 0.05) is 0 Å². The molecule has 28 heavy (non-hydrogen) atoms. The third kappa shape index (κ3) is 2.59. The van der Waals surface area contributed by atoms with Gasteiger partial charge in [-0.3, -0.25) is 29.0 Å². The first-order valence-corrected chi connectivity index (χ1v) is 8.48. The van der Waals surface area contributed by atoms with Crippen LogP contribution in [0.2, 0.25) is 0 Å². The zero-order chi connectivity index (χ0) is 21.7. The smallest absolute Gasteiger partial charge is 0.269 e. The van der Waals surface area contributed by atoms with E-state index < -0.39 is 72.2 Å². The van der Waals surface area contributed by atoms with Crippen molar-refractivity contribution >= 4 is 23.6 Å². The molecule has 156 valence electrons. The number of azo groups is 1. The van der Waals surface area contributed by atoms with Gasteiger partial charge in [-0.15, -0.1) is 0 Å². The van der Waals surface area contributed by atoms with Gasteiger partial charge in [0.25, 0.3) is 23.6 Å². The Labute approximate surface area is 160 Å². The average molecular weight is 400 g/mol. The summed E-state index contributed by atoms with van der Waals surface area (Å²) in [4.78, 5) is 51.1. The van der Waals surface area contributed by atoms with Crippen molar-refractivity contribution in [3.8, 4) is 0 Å². The number of amides is 4. The lowest BCUT2D eigenvalue weighted by molar-refractivity contribution is -0.183. The van der Waals surface area contributed by atoms with Gasteiger partial charge in [-0.05, 0) is 27.7 Å². The predicted molar refractivity (Wildman–Crippen MR) is 90.5 cm³/mol. The molecule has 0 unspecified atom stereocenters. The molecule has 4 N–H and O–H groups in total. The summed E-state index contributed by atoms with van der Waals surface area (Å²) >= 11 is 0. The minimum absolute atomic E-state index is 0.666. The summed E-state index contributed by atoms with van der Waals surface area (Å²) in [6, 6.07) is 0. The molecule has 0 bridgehead atoms. The normalized spacial score (nSPS) is 22.0. The monoisotopic (exact) mass is 400 g/mol. The van der Waals surface area contributed by atoms with Crippen LogP contribution in [0.5, 0.6) is 0 Å². The molecule has 0 radical (unpaired) electrons. The van der Waals surface area contributed by atoms with Crippen molar-refractivity contribution in [2.45, 2.75) is 49.9 Å². The molecular weight excluding hydrogens is 376 g/mol. The van der Waals surface area contributed by atoms with Crippen LogP contribution in [0, 0.1) is 0 Å². The van der Waals surface area contributed by atoms with Crippen molar-refractivity contribution < 1.29 is 39.6 Å². The molecule has 2 rings (SSSR count). The van der Waals surface area contributed by atoms with Crippen LogP contribution in [-0.4, -0.2) is 102 Å². The van der Waals surface area contributed by atoms with Gasteiger partial charge in [0.2, 0.25) is 11.1 Å². The highest BCUT2D eigenvalue weighted by molar-refractivity contribution is 6.27. The molecule has 0 spiro atoms. The Morgan fingerprint density at radius 2 is 0.893 bits per heavy atom. The fourth-order valence-electron chi connectivity index (χ4n) is 2.87. The maximum atomic E-state index is 12.4. The summed E-state index contributed by atoms with van der Waals surface area (Å²) in [6.45, 7) is 2.24. The van der Waals surface area contributed by atoms with Crippen LogP contribution in [0.1, 0.15) is 27.7 Å². The molecule has 0 aromatic heterocycles. The molecular formula is C16H24N4O8. The van der Waals surface area contributed by atoms with E-state index in [4.69, 9.17) is 0 Å². The summed E-state index contributed by atoms with van der Waals surface area (Å²) in [5.74, 6) is -3.38. The number of aliphatic hydroxyl groups excluding tert-OH is 4. The number of hydrogen-bond acceptors (Lipinski definition) is 10. The molecule has 2 heterocycles. The second-order valence-electron chi connectivity index (χ2n) is 7.86. The molecule has 12 nitrogen and oxygen atoms in total. The van der Waals surface area contributed by atoms with Crippen molar-refractivity contribution in [1.29, 1.82) is 0 Å². The Hall–Kier alpha value is -2.28. The fourth-order valence-corrected chi connectivity index (χ4v) is 2.87. The molecule has 2 fully saturated rings. The van der Waals surface area contributed by atoms with Gasteiger partial charge in [0.05, 0.1) is 37.5 Å². The molecule has 2 saturated heterocycles. The molecule has 2 aliphatic rings. The van der Waals surface area contributed by atoms with Gasteiger partial charge in [0.1, 0.15) is 0 Å². The lowest BCUT2D eigenvalue weighted by Gasteiger charge is -2.50. The van der Waals surface area contributed by atoms with E-state index in [0.29, 0.717) is 9.80 Å². The molecule has 0 aromatic carbocycles. The molecule has 0 aliphatic carbocycles. The first-order valence-electron chi connectivity index (χ1n) is 8.48. The van der Waals surface area contributed by atoms with Gasteiger partial charge in [-0.2, -0.15) is 10.2 Å². The zero-order valence-corrected chi connectivity index (χ0v) is 16.0. The molecule has 0 atom stereocenters. The summed E-state index contributed by atoms with van der Waals surface area (Å²) in [7, 11) is 0. The largest absolute Gasteiger partial charge is 0.394 e. The number of carbonyl (C=O) groups excluding carboxylic acids is 4. The number of carbonyl (C=O) groups is 4. The predicted octanol–water partition coefficient (Wildman–Crippen LogP) is -2.82. The van der Waals surface area contributed by atoms with Crippen LogP contribution in [0.15, 0.2) is 10.2 Å². The summed E-state index contributed by atoms with van der Waals surface area (Å²) in [5, 5.41) is 44.7. The molecule has 4 amide bonds. The second kappa shape index (κ2) is 6.65. The highest BCUT2D eigenvalue weighted by atomic mass is 16.3. The molecule has 2 aliphatic heterocycles. The second-order valence-corrected chi connectivity index (χ2v) is 7.86. The SMILES string of the molecule is CC1(N=NC2(C)C(=O)N(C(C)(CO)CO)C2=O)C(=O)N(C(C)(CO)CO)C1=O. The van der Waals surface area contributed by atoms with Gasteiger partial charge in [0.15, 0.2) is 0 Å². The van der Waals surface area contributed by atoms with Gasteiger partial charge in [-0.25, -0.2) is 0 Å². The Balaban J connectivity index is 2.25. The number of imide groups is 2. The van der Waals surface area contributed by atoms with E-state index >= 15 is 0 Å². The number of hydrogen-bond donors (Lipinski definition) is 4. The van der Waals surface area contributed by atoms with Crippen molar-refractivity contribution in [2.24, 2.45) is 10.2 Å². The van der Waals surface area contributed by atoms with Crippen molar-refractivity contribution in [1.82, 2.24) is 9.80 Å². The Bertz CT molecular complexity index is 662. The van der Waals surface area contributed by atoms with Crippen LogP contribution in [0.3, 0.4) is 0 Å². The summed E-state index contributed by atoms with van der Waals surface area (Å²) in [5.41, 5.74) is -7.02. The number of nitrogens with zero attached hydrogens (tertiary/aromatic N) is 4. The third-order valence-corrected chi connectivity index (χ3v) is 5.37. The minimum Gasteiger partial charge on any atom is -0.394 e. The minimum atomic E-state index is -1.99. The van der Waals surface area contributed by atoms with Gasteiger partial charge in [-0.1, -0.05) is 0 Å². The zero-order valence-electron chi connectivity index (χ0n) is 16.0. The van der Waals surface area contributed by atoms with Crippen molar-refractivity contribution in [3.63, 3.8) is 0 Å². The number of aliphatic hydroxyl groups is 4. The van der Waals surface area contributed by atoms with Crippen LogP contribution >= 0.6 is 0 Å². The Kier molecular flexibility index (Phi) is 5.23. The van der Waals surface area contributed by atoms with E-state index in [2.05, 4.69) is 10.2 Å². The fraction of sp³-hybridized carbons (Fsp3) is 0.750. The molecule has 0 saturated carbocycles. The first kappa shape index (κ1) is 22.0. The van der Waals surface area contributed by atoms with Crippen LogP contribution in [-0.2, 0) is 19.2 Å². The van der Waals surface area contributed by atoms with Gasteiger partial charge >= 0.3 is 0 Å². The number of β-lactam (4-membered cyclic amide) rings is 4. The van der Waals surface area contributed by atoms with E-state index in [9.17, 15) is 39.6 Å². The van der Waals surface area contributed by atoms with E-state index in [1.165, 1.54) is 13.8 Å². The van der Waals surface area contributed by atoms with Crippen molar-refractivity contribution in [2.75, 3.05) is 26.4 Å². The molecule has 12 heteroatoms. The highest BCUT2D eigenvalue weighted by Crippen LogP contribution is 2.39. The van der Waals surface area contributed by atoms with Crippen LogP contribution < -0.4 is 0 Å². The molecule has 0 aromatic rings. The highest BCUT2D eigenvalue weighted by Gasteiger charge is 2.67. The van der Waals surface area contributed by atoms with Crippen molar-refractivity contribution in [3.05, 3.63) is 0 Å². The maximum absolute atomic E-state index is 12.4. The lowest BCUT2D eigenvalue weighted by atomic mass is 9.83. The van der Waals surface area contributed by atoms with E-state index in [1.807, 2.05) is 0 Å². The van der Waals surface area contributed by atoms with Gasteiger partial charge < -0.3 is 20.4 Å². The number of likely N-dealkylation sites (tertiary alicyclic amines) is 2.